The van der Waals surface area contributed by atoms with E-state index in [1.165, 1.54) is 0 Å². The van der Waals surface area contributed by atoms with Gasteiger partial charge in [-0.25, -0.2) is 0 Å². The minimum atomic E-state index is -0.308. The minimum absolute atomic E-state index is 0.168. The molecule has 1 aromatic rings. The molecule has 0 spiro atoms. The number of rotatable bonds is 3. The second-order valence-corrected chi connectivity index (χ2v) is 6.01. The van der Waals surface area contributed by atoms with Gasteiger partial charge in [0.2, 0.25) is 0 Å². The van der Waals surface area contributed by atoms with Crippen molar-refractivity contribution in [3.63, 3.8) is 0 Å². The normalized spacial score (nSPS) is 23.6. The smallest absolute Gasteiger partial charge is 0.170 e. The molecule has 18 heavy (non-hydrogen) atoms. The molecule has 1 atom stereocenters. The summed E-state index contributed by atoms with van der Waals surface area (Å²) in [4.78, 5) is 12.7. The van der Waals surface area contributed by atoms with Crippen LogP contribution in [-0.4, -0.2) is 18.9 Å². The van der Waals surface area contributed by atoms with Gasteiger partial charge in [-0.2, -0.15) is 0 Å². The van der Waals surface area contributed by atoms with Crippen molar-refractivity contribution < 1.29 is 4.79 Å². The lowest BCUT2D eigenvalue weighted by atomic mass is 9.71. The van der Waals surface area contributed by atoms with E-state index >= 15 is 0 Å². The molecule has 1 unspecified atom stereocenters. The van der Waals surface area contributed by atoms with E-state index in [0.717, 1.165) is 19.5 Å². The van der Waals surface area contributed by atoms with Crippen molar-refractivity contribution in [2.75, 3.05) is 13.1 Å². The first-order valence-corrected chi connectivity index (χ1v) is 6.93. The highest BCUT2D eigenvalue weighted by Crippen LogP contribution is 2.38. The van der Waals surface area contributed by atoms with Crippen LogP contribution in [0.3, 0.4) is 0 Å². The third kappa shape index (κ3) is 2.29. The number of Topliss-reactive ketones (excluding diaryl/α,β-unsaturated/α-hetero) is 1. The molecule has 0 radical (unpaired) electrons. The molecule has 1 aromatic carbocycles. The number of carbonyl (C=O) groups excluding carboxylic acids is 1. The topological polar surface area (TPSA) is 29.1 Å². The molecule has 1 aliphatic rings. The van der Waals surface area contributed by atoms with Crippen LogP contribution in [0.1, 0.15) is 30.6 Å². The summed E-state index contributed by atoms with van der Waals surface area (Å²) in [6.07, 6.45) is 0.879. The molecule has 0 aliphatic carbocycles. The molecule has 98 valence electrons. The van der Waals surface area contributed by atoms with Gasteiger partial charge < -0.3 is 5.32 Å². The van der Waals surface area contributed by atoms with Gasteiger partial charge in [-0.15, -0.1) is 0 Å². The Labute approximate surface area is 118 Å². The number of ketones is 1. The van der Waals surface area contributed by atoms with Crippen LogP contribution < -0.4 is 5.32 Å². The lowest BCUT2D eigenvalue weighted by Crippen LogP contribution is -2.38. The summed E-state index contributed by atoms with van der Waals surface area (Å²) >= 11 is 11.9. The second kappa shape index (κ2) is 5.20. The van der Waals surface area contributed by atoms with Crippen molar-refractivity contribution in [3.05, 3.63) is 33.8 Å². The number of benzene rings is 1. The van der Waals surface area contributed by atoms with Gasteiger partial charge in [0.05, 0.1) is 10.0 Å². The van der Waals surface area contributed by atoms with E-state index in [0.29, 0.717) is 21.5 Å². The van der Waals surface area contributed by atoms with Crippen LogP contribution >= 0.6 is 23.2 Å². The first-order chi connectivity index (χ1) is 8.47. The van der Waals surface area contributed by atoms with Crippen molar-refractivity contribution in [2.45, 2.75) is 20.3 Å². The molecular weight excluding hydrogens is 269 g/mol. The lowest BCUT2D eigenvalue weighted by Gasteiger charge is -2.31. The summed E-state index contributed by atoms with van der Waals surface area (Å²) in [5, 5.41) is 4.21. The van der Waals surface area contributed by atoms with Crippen molar-refractivity contribution in [1.29, 1.82) is 0 Å². The van der Waals surface area contributed by atoms with E-state index in [-0.39, 0.29) is 11.2 Å². The fourth-order valence-corrected chi connectivity index (χ4v) is 2.88. The zero-order valence-corrected chi connectivity index (χ0v) is 12.1. The highest BCUT2D eigenvalue weighted by atomic mass is 35.5. The second-order valence-electron chi connectivity index (χ2n) is 5.20. The maximum Gasteiger partial charge on any atom is 0.170 e. The summed E-state index contributed by atoms with van der Waals surface area (Å²) < 4.78 is 0. The fourth-order valence-electron chi connectivity index (χ4n) is 2.58. The van der Waals surface area contributed by atoms with E-state index in [2.05, 4.69) is 19.2 Å². The molecule has 0 amide bonds. The number of halogens is 2. The average Bonchev–Trinajstić information content (AvgIpc) is 2.82. The van der Waals surface area contributed by atoms with Crippen molar-refractivity contribution in [2.24, 2.45) is 11.3 Å². The van der Waals surface area contributed by atoms with Crippen molar-refractivity contribution in [3.8, 4) is 0 Å². The van der Waals surface area contributed by atoms with Crippen LogP contribution in [0.15, 0.2) is 18.2 Å². The van der Waals surface area contributed by atoms with E-state index in [4.69, 9.17) is 23.2 Å². The van der Waals surface area contributed by atoms with Gasteiger partial charge in [0.1, 0.15) is 0 Å². The maximum absolute atomic E-state index is 12.7. The third-order valence-electron chi connectivity index (χ3n) is 3.93. The Balaban J connectivity index is 2.37. The minimum Gasteiger partial charge on any atom is -0.316 e. The van der Waals surface area contributed by atoms with Crippen LogP contribution in [0.2, 0.25) is 10.0 Å². The predicted octanol–water partition coefficient (Wildman–Crippen LogP) is 3.81. The third-order valence-corrected chi connectivity index (χ3v) is 4.67. The molecule has 2 rings (SSSR count). The Morgan fingerprint density at radius 3 is 2.56 bits per heavy atom. The molecule has 1 heterocycles. The number of carbonyl (C=O) groups is 1. The molecule has 1 N–H and O–H groups in total. The Morgan fingerprint density at radius 2 is 2.06 bits per heavy atom. The van der Waals surface area contributed by atoms with Crippen LogP contribution in [-0.2, 0) is 0 Å². The van der Waals surface area contributed by atoms with Gasteiger partial charge in [-0.1, -0.05) is 37.0 Å². The van der Waals surface area contributed by atoms with Crippen LogP contribution in [0.25, 0.3) is 0 Å². The van der Waals surface area contributed by atoms with E-state index < -0.39 is 0 Å². The van der Waals surface area contributed by atoms with E-state index in [1.54, 1.807) is 18.2 Å². The Morgan fingerprint density at radius 1 is 1.33 bits per heavy atom. The molecule has 0 saturated carbocycles. The Hall–Kier alpha value is -0.570. The highest BCUT2D eigenvalue weighted by molar-refractivity contribution is 6.42. The van der Waals surface area contributed by atoms with Crippen LogP contribution in [0, 0.1) is 11.3 Å². The zero-order chi connectivity index (χ0) is 13.3. The molecule has 1 aliphatic heterocycles. The fraction of sp³-hybridized carbons (Fsp3) is 0.500. The SMILES string of the molecule is CC(C)C1(C(=O)c2ccc(Cl)c(Cl)c2)CCNC1. The summed E-state index contributed by atoms with van der Waals surface area (Å²) in [6.45, 7) is 5.83. The van der Waals surface area contributed by atoms with Gasteiger partial charge in [0.25, 0.3) is 0 Å². The van der Waals surface area contributed by atoms with E-state index in [9.17, 15) is 4.79 Å². The first-order valence-electron chi connectivity index (χ1n) is 6.18. The summed E-state index contributed by atoms with van der Waals surface area (Å²) in [6, 6.07) is 5.13. The van der Waals surface area contributed by atoms with Crippen molar-refractivity contribution in [1.82, 2.24) is 5.32 Å². The van der Waals surface area contributed by atoms with E-state index in [1.807, 2.05) is 0 Å². The van der Waals surface area contributed by atoms with Gasteiger partial charge >= 0.3 is 0 Å². The average molecular weight is 286 g/mol. The van der Waals surface area contributed by atoms with Crippen LogP contribution in [0.5, 0.6) is 0 Å². The summed E-state index contributed by atoms with van der Waals surface area (Å²) in [5.41, 5.74) is 0.346. The zero-order valence-electron chi connectivity index (χ0n) is 10.6. The van der Waals surface area contributed by atoms with Gasteiger partial charge in [-0.05, 0) is 37.1 Å². The Bertz CT molecular complexity index is 465. The molecule has 0 bridgehead atoms. The van der Waals surface area contributed by atoms with Gasteiger partial charge in [0.15, 0.2) is 5.78 Å². The first kappa shape index (κ1) is 13.9. The Kier molecular flexibility index (Phi) is 4.00. The lowest BCUT2D eigenvalue weighted by molar-refractivity contribution is 0.0740. The molecule has 1 fully saturated rings. The van der Waals surface area contributed by atoms with Gasteiger partial charge in [0, 0.05) is 17.5 Å². The molecule has 0 aromatic heterocycles. The predicted molar refractivity (Wildman–Crippen MR) is 75.6 cm³/mol. The molecule has 4 heteroatoms. The number of nitrogens with one attached hydrogen (secondary N) is 1. The molecule has 2 nitrogen and oxygen atoms in total. The molecular formula is C14H17Cl2NO. The van der Waals surface area contributed by atoms with Crippen molar-refractivity contribution >= 4 is 29.0 Å². The highest BCUT2D eigenvalue weighted by Gasteiger charge is 2.44. The summed E-state index contributed by atoms with van der Waals surface area (Å²) in [7, 11) is 0. The van der Waals surface area contributed by atoms with Gasteiger partial charge in [-0.3, -0.25) is 4.79 Å². The quantitative estimate of drug-likeness (QED) is 0.856. The monoisotopic (exact) mass is 285 g/mol. The van der Waals surface area contributed by atoms with Crippen LogP contribution in [0.4, 0.5) is 0 Å². The largest absolute Gasteiger partial charge is 0.316 e. The molecule has 1 saturated heterocycles. The maximum atomic E-state index is 12.7. The number of hydrogen-bond donors (Lipinski definition) is 1. The number of hydrogen-bond acceptors (Lipinski definition) is 2. The summed E-state index contributed by atoms with van der Waals surface area (Å²) in [5.74, 6) is 0.468. The standard InChI is InChI=1S/C14H17Cl2NO/c1-9(2)14(5-6-17-8-14)13(18)10-3-4-11(15)12(16)7-10/h3-4,7,9,17H,5-6,8H2,1-2H3.